The molecular weight excluding hydrogens is 249 g/mol. The molecule has 1 aromatic rings. The molecule has 0 saturated carbocycles. The second-order valence-electron chi connectivity index (χ2n) is 3.97. The number of alkyl halides is 3. The Balaban J connectivity index is 2.36. The van der Waals surface area contributed by atoms with Crippen LogP contribution in [-0.4, -0.2) is 24.7 Å². The van der Waals surface area contributed by atoms with Crippen LogP contribution >= 0.6 is 0 Å². The summed E-state index contributed by atoms with van der Waals surface area (Å²) in [4.78, 5) is 11.2. The van der Waals surface area contributed by atoms with E-state index < -0.39 is 23.9 Å². The summed E-state index contributed by atoms with van der Waals surface area (Å²) in [5.41, 5.74) is 1.51. The monoisotopic (exact) mass is 260 g/mol. The molecule has 1 atom stereocenters. The minimum absolute atomic E-state index is 0.0355. The molecule has 1 aliphatic rings. The number of nitrogens with zero attached hydrogens (tertiary/aromatic N) is 1. The first kappa shape index (κ1) is 12.7. The number of hydrazine groups is 1. The summed E-state index contributed by atoms with van der Waals surface area (Å²) in [6.45, 7) is 0.152. The molecule has 0 radical (unpaired) electrons. The van der Waals surface area contributed by atoms with Crippen LogP contribution in [0.2, 0.25) is 0 Å². The van der Waals surface area contributed by atoms with Crippen LogP contribution in [0.1, 0.15) is 17.2 Å². The predicted octanol–water partition coefficient (Wildman–Crippen LogP) is 2.33. The molecule has 0 spiro atoms. The lowest BCUT2D eigenvalue weighted by atomic mass is 10.0. The predicted molar refractivity (Wildman–Crippen MR) is 56.4 cm³/mol. The second-order valence-corrected chi connectivity index (χ2v) is 3.97. The molecule has 18 heavy (non-hydrogen) atoms. The molecule has 4 nitrogen and oxygen atoms in total. The molecule has 7 heteroatoms. The van der Waals surface area contributed by atoms with Crippen molar-refractivity contribution in [3.05, 3.63) is 35.4 Å². The van der Waals surface area contributed by atoms with Crippen LogP contribution in [0.5, 0.6) is 0 Å². The molecule has 1 aromatic carbocycles. The summed E-state index contributed by atoms with van der Waals surface area (Å²) in [6.07, 6.45) is -6.15. The van der Waals surface area contributed by atoms with E-state index in [1.807, 2.05) is 0 Å². The molecule has 0 aliphatic carbocycles. The Morgan fingerprint density at radius 1 is 1.39 bits per heavy atom. The average Bonchev–Trinajstić information content (AvgIpc) is 2.26. The number of hydrogen-bond acceptors (Lipinski definition) is 3. The van der Waals surface area contributed by atoms with Gasteiger partial charge in [0, 0.05) is 12.6 Å². The van der Waals surface area contributed by atoms with Crippen molar-refractivity contribution < 1.29 is 22.7 Å². The first-order valence-electron chi connectivity index (χ1n) is 5.22. The Hall–Kier alpha value is -1.76. The van der Waals surface area contributed by atoms with Gasteiger partial charge in [0.15, 0.2) is 0 Å². The standard InChI is InChI=1S/C11H11F3N2O2/c1-16-6-9(18-10(17)15-16)7-4-2-3-5-8(7)11(12,13)14/h2-5,9H,6H2,1H3,(H,15,17). The summed E-state index contributed by atoms with van der Waals surface area (Å²) < 4.78 is 43.4. The van der Waals surface area contributed by atoms with Crippen LogP contribution in [0.25, 0.3) is 0 Å². The quantitative estimate of drug-likeness (QED) is 0.842. The molecule has 0 bridgehead atoms. The van der Waals surface area contributed by atoms with Crippen LogP contribution in [0.4, 0.5) is 18.0 Å². The van der Waals surface area contributed by atoms with Crippen molar-refractivity contribution in [3.63, 3.8) is 0 Å². The first-order valence-corrected chi connectivity index (χ1v) is 5.22. The highest BCUT2D eigenvalue weighted by molar-refractivity contribution is 5.67. The fourth-order valence-corrected chi connectivity index (χ4v) is 1.84. The van der Waals surface area contributed by atoms with Crippen LogP contribution in [0.15, 0.2) is 24.3 Å². The van der Waals surface area contributed by atoms with E-state index >= 15 is 0 Å². The van der Waals surface area contributed by atoms with E-state index in [2.05, 4.69) is 5.43 Å². The number of cyclic esters (lactones) is 1. The number of benzene rings is 1. The van der Waals surface area contributed by atoms with Crippen molar-refractivity contribution in [3.8, 4) is 0 Å². The number of carbonyl (C=O) groups is 1. The Morgan fingerprint density at radius 2 is 2.06 bits per heavy atom. The van der Waals surface area contributed by atoms with E-state index in [9.17, 15) is 18.0 Å². The average molecular weight is 260 g/mol. The number of halogens is 3. The van der Waals surface area contributed by atoms with Gasteiger partial charge in [-0.25, -0.2) is 9.80 Å². The fourth-order valence-electron chi connectivity index (χ4n) is 1.84. The van der Waals surface area contributed by atoms with Crippen molar-refractivity contribution in [1.82, 2.24) is 10.4 Å². The van der Waals surface area contributed by atoms with Gasteiger partial charge in [-0.15, -0.1) is 0 Å². The maximum Gasteiger partial charge on any atom is 0.422 e. The van der Waals surface area contributed by atoms with Crippen LogP contribution in [-0.2, 0) is 10.9 Å². The number of hydrogen-bond donors (Lipinski definition) is 1. The van der Waals surface area contributed by atoms with Gasteiger partial charge in [0.05, 0.1) is 12.1 Å². The maximum atomic E-state index is 12.8. The summed E-state index contributed by atoms with van der Waals surface area (Å²) in [5, 5.41) is 1.39. The largest absolute Gasteiger partial charge is 0.439 e. The minimum Gasteiger partial charge on any atom is -0.439 e. The normalized spacial score (nSPS) is 21.3. The zero-order chi connectivity index (χ0) is 13.3. The van der Waals surface area contributed by atoms with Gasteiger partial charge in [0.25, 0.3) is 0 Å². The Kier molecular flexibility index (Phi) is 3.16. The van der Waals surface area contributed by atoms with Crippen molar-refractivity contribution >= 4 is 6.09 Å². The van der Waals surface area contributed by atoms with Gasteiger partial charge < -0.3 is 4.74 Å². The van der Waals surface area contributed by atoms with Gasteiger partial charge >= 0.3 is 12.3 Å². The second kappa shape index (κ2) is 4.49. The summed E-state index contributed by atoms with van der Waals surface area (Å²) >= 11 is 0. The molecule has 1 amide bonds. The molecule has 1 fully saturated rings. The molecular formula is C11H11F3N2O2. The van der Waals surface area contributed by atoms with Gasteiger partial charge in [-0.1, -0.05) is 18.2 Å². The van der Waals surface area contributed by atoms with Crippen LogP contribution < -0.4 is 5.43 Å². The third-order valence-corrected chi connectivity index (χ3v) is 2.58. The van der Waals surface area contributed by atoms with Gasteiger partial charge in [0.1, 0.15) is 6.10 Å². The highest BCUT2D eigenvalue weighted by Gasteiger charge is 2.37. The highest BCUT2D eigenvalue weighted by Crippen LogP contribution is 2.36. The molecule has 0 aromatic heterocycles. The van der Waals surface area contributed by atoms with Gasteiger partial charge in [-0.3, -0.25) is 5.43 Å². The van der Waals surface area contributed by atoms with Crippen LogP contribution in [0, 0.1) is 0 Å². The van der Waals surface area contributed by atoms with Gasteiger partial charge in [0.2, 0.25) is 0 Å². The summed E-state index contributed by atoms with van der Waals surface area (Å²) in [6, 6.07) is 5.09. The van der Waals surface area contributed by atoms with E-state index in [0.29, 0.717) is 0 Å². The van der Waals surface area contributed by atoms with Crippen molar-refractivity contribution in [2.45, 2.75) is 12.3 Å². The molecule has 1 N–H and O–H groups in total. The number of amides is 1. The third kappa shape index (κ3) is 2.56. The van der Waals surface area contributed by atoms with Crippen LogP contribution in [0.3, 0.4) is 0 Å². The minimum atomic E-state index is -4.47. The number of ether oxygens (including phenoxy) is 1. The number of likely N-dealkylation sites (N-methyl/N-ethyl adjacent to an activating group) is 1. The molecule has 1 saturated heterocycles. The topological polar surface area (TPSA) is 41.6 Å². The molecule has 1 heterocycles. The molecule has 2 rings (SSSR count). The van der Waals surface area contributed by atoms with Crippen molar-refractivity contribution in [2.75, 3.05) is 13.6 Å². The third-order valence-electron chi connectivity index (χ3n) is 2.58. The zero-order valence-electron chi connectivity index (χ0n) is 9.49. The number of rotatable bonds is 1. The van der Waals surface area contributed by atoms with E-state index in [-0.39, 0.29) is 12.1 Å². The number of nitrogens with one attached hydrogen (secondary N) is 1. The highest BCUT2D eigenvalue weighted by atomic mass is 19.4. The van der Waals surface area contributed by atoms with E-state index in [1.165, 1.54) is 23.2 Å². The van der Waals surface area contributed by atoms with Gasteiger partial charge in [-0.05, 0) is 6.07 Å². The maximum absolute atomic E-state index is 12.8. The lowest BCUT2D eigenvalue weighted by Gasteiger charge is -2.31. The summed E-state index contributed by atoms with van der Waals surface area (Å²) in [5.74, 6) is 0. The fraction of sp³-hybridized carbons (Fsp3) is 0.364. The first-order chi connectivity index (χ1) is 8.38. The van der Waals surface area contributed by atoms with Crippen molar-refractivity contribution in [1.29, 1.82) is 0 Å². The lowest BCUT2D eigenvalue weighted by Crippen LogP contribution is -2.48. The van der Waals surface area contributed by atoms with E-state index in [4.69, 9.17) is 4.74 Å². The lowest BCUT2D eigenvalue weighted by molar-refractivity contribution is -0.139. The molecule has 1 unspecified atom stereocenters. The van der Waals surface area contributed by atoms with Crippen molar-refractivity contribution in [2.24, 2.45) is 0 Å². The SMILES string of the molecule is CN1CC(c2ccccc2C(F)(F)F)OC(=O)N1. The summed E-state index contributed by atoms with van der Waals surface area (Å²) in [7, 11) is 1.56. The van der Waals surface area contributed by atoms with Gasteiger partial charge in [-0.2, -0.15) is 13.2 Å². The van der Waals surface area contributed by atoms with E-state index in [1.54, 1.807) is 7.05 Å². The smallest absolute Gasteiger partial charge is 0.422 e. The zero-order valence-corrected chi connectivity index (χ0v) is 9.49. The Bertz CT molecular complexity index is 462. The number of carbonyl (C=O) groups excluding carboxylic acids is 1. The van der Waals surface area contributed by atoms with E-state index in [0.717, 1.165) is 6.07 Å². The Labute approximate surface area is 101 Å². The molecule has 1 aliphatic heterocycles. The Morgan fingerprint density at radius 3 is 2.67 bits per heavy atom. The molecule has 98 valence electrons.